The average Bonchev–Trinajstić information content (AvgIpc) is 2.99. The van der Waals surface area contributed by atoms with E-state index in [-0.39, 0.29) is 0 Å². The van der Waals surface area contributed by atoms with Gasteiger partial charge in [-0.2, -0.15) is 0 Å². The van der Waals surface area contributed by atoms with Gasteiger partial charge in [-0.25, -0.2) is 0 Å². The summed E-state index contributed by atoms with van der Waals surface area (Å²) in [5.41, 5.74) is 8.42. The van der Waals surface area contributed by atoms with Gasteiger partial charge in [0.05, 0.1) is 11.2 Å². The zero-order valence-electron chi connectivity index (χ0n) is 15.8. The number of para-hydroxylation sites is 2. The minimum Gasteiger partial charge on any atom is -0.310 e. The maximum atomic E-state index is 4.06. The van der Waals surface area contributed by atoms with Gasteiger partial charge in [-0.15, -0.1) is 0 Å². The van der Waals surface area contributed by atoms with Gasteiger partial charge in [0.15, 0.2) is 0 Å². The Bertz CT molecular complexity index is 1130. The number of benzene rings is 3. The van der Waals surface area contributed by atoms with Gasteiger partial charge < -0.3 is 4.57 Å². The molecule has 0 bridgehead atoms. The first kappa shape index (κ1) is 17.1. The average molecular weight is 349 g/mol. The van der Waals surface area contributed by atoms with E-state index in [0.717, 1.165) is 5.57 Å². The Hall–Kier alpha value is -3.32. The first-order chi connectivity index (χ1) is 13.2. The van der Waals surface area contributed by atoms with E-state index < -0.39 is 0 Å². The number of aryl methyl sites for hydroxylation is 2. The molecule has 0 spiro atoms. The van der Waals surface area contributed by atoms with Crippen LogP contribution in [0.3, 0.4) is 0 Å². The molecule has 132 valence electrons. The van der Waals surface area contributed by atoms with Gasteiger partial charge in [-0.1, -0.05) is 78.9 Å². The predicted molar refractivity (Wildman–Crippen MR) is 117 cm³/mol. The van der Waals surface area contributed by atoms with Crippen LogP contribution < -0.4 is 0 Å². The van der Waals surface area contributed by atoms with Gasteiger partial charge in [0.2, 0.25) is 0 Å². The van der Waals surface area contributed by atoms with Crippen LogP contribution in [-0.2, 0) is 0 Å². The van der Waals surface area contributed by atoms with Crippen LogP contribution in [0.5, 0.6) is 0 Å². The number of aromatic nitrogens is 1. The SMILES string of the molecule is C=C/C(=C\c1c(C)c2ccccc2n1-c1ccccc1)c1ccc(C)cc1. The second-order valence-corrected chi connectivity index (χ2v) is 6.87. The molecule has 0 N–H and O–H groups in total. The second kappa shape index (κ2) is 7.13. The van der Waals surface area contributed by atoms with Gasteiger partial charge >= 0.3 is 0 Å². The number of allylic oxidation sites excluding steroid dienone is 2. The number of rotatable bonds is 4. The van der Waals surface area contributed by atoms with Gasteiger partial charge in [0, 0.05) is 11.1 Å². The molecule has 0 fully saturated rings. The Morgan fingerprint density at radius 3 is 2.19 bits per heavy atom. The summed E-state index contributed by atoms with van der Waals surface area (Å²) >= 11 is 0. The molecule has 4 rings (SSSR count). The second-order valence-electron chi connectivity index (χ2n) is 6.87. The van der Waals surface area contributed by atoms with E-state index in [1.807, 2.05) is 6.08 Å². The largest absolute Gasteiger partial charge is 0.310 e. The van der Waals surface area contributed by atoms with Crippen molar-refractivity contribution in [3.63, 3.8) is 0 Å². The van der Waals surface area contributed by atoms with E-state index in [9.17, 15) is 0 Å². The van der Waals surface area contributed by atoms with Crippen LogP contribution in [0.15, 0.2) is 91.5 Å². The summed E-state index contributed by atoms with van der Waals surface area (Å²) < 4.78 is 2.34. The van der Waals surface area contributed by atoms with Crippen molar-refractivity contribution >= 4 is 22.6 Å². The molecular formula is C26H23N. The van der Waals surface area contributed by atoms with Gasteiger partial charge in [0.25, 0.3) is 0 Å². The van der Waals surface area contributed by atoms with Crippen molar-refractivity contribution in [3.05, 3.63) is 114 Å². The van der Waals surface area contributed by atoms with Crippen LogP contribution in [0, 0.1) is 13.8 Å². The Kier molecular flexibility index (Phi) is 4.52. The summed E-state index contributed by atoms with van der Waals surface area (Å²) in [4.78, 5) is 0. The molecule has 0 amide bonds. The fourth-order valence-electron chi connectivity index (χ4n) is 3.60. The summed E-state index contributed by atoms with van der Waals surface area (Å²) in [6.45, 7) is 8.37. The molecule has 0 aliphatic heterocycles. The molecule has 0 aliphatic carbocycles. The summed E-state index contributed by atoms with van der Waals surface area (Å²) in [6, 6.07) is 27.7. The van der Waals surface area contributed by atoms with Crippen molar-refractivity contribution in [2.45, 2.75) is 13.8 Å². The highest BCUT2D eigenvalue weighted by atomic mass is 15.0. The van der Waals surface area contributed by atoms with Crippen LogP contribution in [0.25, 0.3) is 28.2 Å². The summed E-state index contributed by atoms with van der Waals surface area (Å²) in [7, 11) is 0. The normalized spacial score (nSPS) is 11.7. The smallest absolute Gasteiger partial charge is 0.0537 e. The Labute approximate surface area is 160 Å². The first-order valence-electron chi connectivity index (χ1n) is 9.25. The lowest BCUT2D eigenvalue weighted by molar-refractivity contribution is 1.10. The third-order valence-electron chi connectivity index (χ3n) is 5.09. The molecule has 3 aromatic carbocycles. The lowest BCUT2D eigenvalue weighted by Gasteiger charge is -2.11. The lowest BCUT2D eigenvalue weighted by atomic mass is 10.0. The fourth-order valence-corrected chi connectivity index (χ4v) is 3.60. The van der Waals surface area contributed by atoms with Gasteiger partial charge in [0.1, 0.15) is 0 Å². The zero-order chi connectivity index (χ0) is 18.8. The molecule has 1 heteroatoms. The standard InChI is InChI=1S/C26H23N/c1-4-21(22-16-14-19(2)15-17-22)18-26-20(3)24-12-8-9-13-25(24)27(26)23-10-6-5-7-11-23/h4-18H,1H2,2-3H3/b21-18+. The van der Waals surface area contributed by atoms with Crippen LogP contribution in [-0.4, -0.2) is 4.57 Å². The molecule has 1 aromatic heterocycles. The summed E-state index contributed by atoms with van der Waals surface area (Å²) in [5, 5.41) is 1.28. The van der Waals surface area contributed by atoms with E-state index in [0.29, 0.717) is 0 Å². The number of hydrogen-bond acceptors (Lipinski definition) is 0. The summed E-state index contributed by atoms with van der Waals surface area (Å²) in [5.74, 6) is 0. The molecule has 0 radical (unpaired) electrons. The zero-order valence-corrected chi connectivity index (χ0v) is 15.8. The molecule has 1 heterocycles. The highest BCUT2D eigenvalue weighted by molar-refractivity contribution is 5.95. The van der Waals surface area contributed by atoms with Crippen molar-refractivity contribution in [2.75, 3.05) is 0 Å². The number of nitrogens with zero attached hydrogens (tertiary/aromatic N) is 1. The monoisotopic (exact) mass is 349 g/mol. The van der Waals surface area contributed by atoms with Gasteiger partial charge in [-0.3, -0.25) is 0 Å². The van der Waals surface area contributed by atoms with Crippen molar-refractivity contribution in [1.82, 2.24) is 4.57 Å². The highest BCUT2D eigenvalue weighted by Crippen LogP contribution is 2.32. The molecule has 0 unspecified atom stereocenters. The maximum Gasteiger partial charge on any atom is 0.0537 e. The van der Waals surface area contributed by atoms with Crippen LogP contribution >= 0.6 is 0 Å². The molecule has 0 saturated carbocycles. The first-order valence-corrected chi connectivity index (χ1v) is 9.25. The minimum atomic E-state index is 1.12. The van der Waals surface area contributed by atoms with Crippen molar-refractivity contribution in [1.29, 1.82) is 0 Å². The van der Waals surface area contributed by atoms with Crippen molar-refractivity contribution < 1.29 is 0 Å². The molecule has 1 nitrogen and oxygen atoms in total. The van der Waals surface area contributed by atoms with Crippen molar-refractivity contribution in [2.24, 2.45) is 0 Å². The number of fused-ring (bicyclic) bond motifs is 1. The minimum absolute atomic E-state index is 1.12. The van der Waals surface area contributed by atoms with Gasteiger partial charge in [-0.05, 0) is 54.8 Å². The fraction of sp³-hybridized carbons (Fsp3) is 0.0769. The number of hydrogen-bond donors (Lipinski definition) is 0. The van der Waals surface area contributed by atoms with Crippen molar-refractivity contribution in [3.8, 4) is 5.69 Å². The molecular weight excluding hydrogens is 326 g/mol. The van der Waals surface area contributed by atoms with E-state index in [1.165, 1.54) is 39.0 Å². The quantitative estimate of drug-likeness (QED) is 0.350. The lowest BCUT2D eigenvalue weighted by Crippen LogP contribution is -1.97. The van der Waals surface area contributed by atoms with Crippen LogP contribution in [0.4, 0.5) is 0 Å². The molecule has 27 heavy (non-hydrogen) atoms. The van der Waals surface area contributed by atoms with E-state index in [4.69, 9.17) is 0 Å². The maximum absolute atomic E-state index is 4.06. The topological polar surface area (TPSA) is 4.93 Å². The molecule has 4 aromatic rings. The molecule has 0 atom stereocenters. The molecule has 0 aliphatic rings. The predicted octanol–water partition coefficient (Wildman–Crippen LogP) is 6.97. The Morgan fingerprint density at radius 1 is 0.815 bits per heavy atom. The van der Waals surface area contributed by atoms with E-state index >= 15 is 0 Å². The highest BCUT2D eigenvalue weighted by Gasteiger charge is 2.14. The molecule has 0 saturated heterocycles. The van der Waals surface area contributed by atoms with Crippen LogP contribution in [0.1, 0.15) is 22.4 Å². The Balaban J connectivity index is 1.99. The van der Waals surface area contributed by atoms with Crippen LogP contribution in [0.2, 0.25) is 0 Å². The third-order valence-corrected chi connectivity index (χ3v) is 5.09. The van der Waals surface area contributed by atoms with E-state index in [1.54, 1.807) is 0 Å². The summed E-state index contributed by atoms with van der Waals surface area (Å²) in [6.07, 6.45) is 4.19. The Morgan fingerprint density at radius 2 is 1.48 bits per heavy atom. The van der Waals surface area contributed by atoms with E-state index in [2.05, 4.69) is 110 Å². The third kappa shape index (κ3) is 3.13.